The van der Waals surface area contributed by atoms with E-state index in [2.05, 4.69) is 4.98 Å². The number of hydrogen-bond donors (Lipinski definition) is 2. The first-order valence-corrected chi connectivity index (χ1v) is 4.92. The molecule has 1 aromatic carbocycles. The SMILES string of the molecule is Cc1cc2[nH]c(=O)c([N+](=O)[O-])c(O)c2cc1C. The van der Waals surface area contributed by atoms with E-state index in [0.29, 0.717) is 5.52 Å². The van der Waals surface area contributed by atoms with E-state index in [-0.39, 0.29) is 5.39 Å². The van der Waals surface area contributed by atoms with E-state index >= 15 is 0 Å². The molecule has 0 spiro atoms. The summed E-state index contributed by atoms with van der Waals surface area (Å²) in [5, 5.41) is 20.7. The van der Waals surface area contributed by atoms with Crippen molar-refractivity contribution in [3.63, 3.8) is 0 Å². The smallest absolute Gasteiger partial charge is 0.375 e. The molecule has 0 bridgehead atoms. The fourth-order valence-corrected chi connectivity index (χ4v) is 1.70. The third-order valence-corrected chi connectivity index (χ3v) is 2.76. The van der Waals surface area contributed by atoms with Crippen LogP contribution in [-0.2, 0) is 0 Å². The van der Waals surface area contributed by atoms with Crippen molar-refractivity contribution in [3.8, 4) is 5.75 Å². The second-order valence-electron chi connectivity index (χ2n) is 3.89. The molecule has 6 heteroatoms. The molecule has 0 saturated carbocycles. The van der Waals surface area contributed by atoms with Crippen molar-refractivity contribution in [1.29, 1.82) is 0 Å². The largest absolute Gasteiger partial charge is 0.501 e. The Morgan fingerprint density at radius 3 is 2.47 bits per heavy atom. The monoisotopic (exact) mass is 234 g/mol. The van der Waals surface area contributed by atoms with Crippen molar-refractivity contribution in [2.45, 2.75) is 13.8 Å². The van der Waals surface area contributed by atoms with Crippen LogP contribution in [0.1, 0.15) is 11.1 Å². The highest BCUT2D eigenvalue weighted by atomic mass is 16.6. The van der Waals surface area contributed by atoms with Gasteiger partial charge in [-0.1, -0.05) is 0 Å². The molecule has 0 aliphatic carbocycles. The Balaban J connectivity index is 2.97. The topological polar surface area (TPSA) is 96.2 Å². The number of nitro groups is 1. The quantitative estimate of drug-likeness (QED) is 0.580. The molecular weight excluding hydrogens is 224 g/mol. The summed E-state index contributed by atoms with van der Waals surface area (Å²) in [7, 11) is 0. The van der Waals surface area contributed by atoms with Gasteiger partial charge in [-0.05, 0) is 37.1 Å². The summed E-state index contributed by atoms with van der Waals surface area (Å²) < 4.78 is 0. The maximum absolute atomic E-state index is 11.4. The lowest BCUT2D eigenvalue weighted by Crippen LogP contribution is -2.11. The van der Waals surface area contributed by atoms with Crippen LogP contribution in [0.2, 0.25) is 0 Å². The summed E-state index contributed by atoms with van der Waals surface area (Å²) in [6.45, 7) is 3.68. The van der Waals surface area contributed by atoms with E-state index in [9.17, 15) is 20.0 Å². The first kappa shape index (κ1) is 11.1. The maximum Gasteiger partial charge on any atom is 0.375 e. The number of aromatic hydroxyl groups is 1. The van der Waals surface area contributed by atoms with E-state index in [1.165, 1.54) is 0 Å². The minimum Gasteiger partial charge on any atom is -0.501 e. The Kier molecular flexibility index (Phi) is 2.35. The van der Waals surface area contributed by atoms with E-state index in [1.807, 2.05) is 13.8 Å². The van der Waals surface area contributed by atoms with Gasteiger partial charge < -0.3 is 10.1 Å². The normalized spacial score (nSPS) is 10.7. The van der Waals surface area contributed by atoms with E-state index < -0.39 is 21.9 Å². The summed E-state index contributed by atoms with van der Waals surface area (Å²) in [6.07, 6.45) is 0. The van der Waals surface area contributed by atoms with Crippen molar-refractivity contribution in [3.05, 3.63) is 43.7 Å². The summed E-state index contributed by atoms with van der Waals surface area (Å²) in [6, 6.07) is 3.29. The number of rotatable bonds is 1. The molecule has 0 fully saturated rings. The molecule has 0 radical (unpaired) electrons. The molecule has 0 atom stereocenters. The van der Waals surface area contributed by atoms with Gasteiger partial charge >= 0.3 is 11.2 Å². The van der Waals surface area contributed by atoms with Gasteiger partial charge in [0.25, 0.3) is 0 Å². The zero-order valence-corrected chi connectivity index (χ0v) is 9.27. The number of H-pyrrole nitrogens is 1. The number of pyridine rings is 1. The number of nitrogens with zero attached hydrogens (tertiary/aromatic N) is 1. The summed E-state index contributed by atoms with van der Waals surface area (Å²) in [5.41, 5.74) is 0.487. The van der Waals surface area contributed by atoms with Crippen LogP contribution in [0.4, 0.5) is 5.69 Å². The highest BCUT2D eigenvalue weighted by Gasteiger charge is 2.22. The van der Waals surface area contributed by atoms with Crippen LogP contribution in [0.3, 0.4) is 0 Å². The predicted molar refractivity (Wildman–Crippen MR) is 62.4 cm³/mol. The van der Waals surface area contributed by atoms with Gasteiger partial charge in [-0.25, -0.2) is 0 Å². The average molecular weight is 234 g/mol. The van der Waals surface area contributed by atoms with E-state index in [1.54, 1.807) is 12.1 Å². The molecule has 1 heterocycles. The first-order valence-electron chi connectivity index (χ1n) is 4.92. The lowest BCUT2D eigenvalue weighted by molar-refractivity contribution is -0.387. The first-order chi connectivity index (χ1) is 7.91. The molecule has 0 unspecified atom stereocenters. The number of fused-ring (bicyclic) bond motifs is 1. The van der Waals surface area contributed by atoms with E-state index in [4.69, 9.17) is 0 Å². The lowest BCUT2D eigenvalue weighted by Gasteiger charge is -2.05. The molecule has 2 aromatic rings. The number of aromatic nitrogens is 1. The average Bonchev–Trinajstić information content (AvgIpc) is 2.21. The van der Waals surface area contributed by atoms with Crippen LogP contribution in [-0.4, -0.2) is 15.0 Å². The zero-order valence-electron chi connectivity index (χ0n) is 9.27. The molecule has 0 saturated heterocycles. The van der Waals surface area contributed by atoms with Crippen LogP contribution < -0.4 is 5.56 Å². The predicted octanol–water partition coefficient (Wildman–Crippen LogP) is 1.76. The van der Waals surface area contributed by atoms with Crippen LogP contribution in [0.15, 0.2) is 16.9 Å². The van der Waals surface area contributed by atoms with Crippen molar-refractivity contribution in [2.75, 3.05) is 0 Å². The third kappa shape index (κ3) is 1.63. The molecule has 2 N–H and O–H groups in total. The second kappa shape index (κ2) is 3.58. The van der Waals surface area contributed by atoms with Crippen LogP contribution in [0.25, 0.3) is 10.9 Å². The zero-order chi connectivity index (χ0) is 12.7. The maximum atomic E-state index is 11.4. The Bertz CT molecular complexity index is 688. The standard InChI is InChI=1S/C11H10N2O4/c1-5-3-7-8(4-6(5)2)12-11(15)9(10(7)14)13(16)17/h3-4H,1-2H3,(H2,12,14,15). The van der Waals surface area contributed by atoms with Crippen LogP contribution in [0, 0.1) is 24.0 Å². The highest BCUT2D eigenvalue weighted by Crippen LogP contribution is 2.31. The molecular formula is C11H10N2O4. The minimum atomic E-state index is -0.900. The van der Waals surface area contributed by atoms with Crippen molar-refractivity contribution < 1.29 is 10.0 Å². The van der Waals surface area contributed by atoms with Gasteiger partial charge in [-0.15, -0.1) is 0 Å². The Labute approximate surface area is 95.7 Å². The molecule has 6 nitrogen and oxygen atoms in total. The van der Waals surface area contributed by atoms with Crippen molar-refractivity contribution >= 4 is 16.6 Å². The van der Waals surface area contributed by atoms with Crippen LogP contribution >= 0.6 is 0 Å². The molecule has 2 rings (SSSR count). The number of benzene rings is 1. The van der Waals surface area contributed by atoms with Crippen molar-refractivity contribution in [2.24, 2.45) is 0 Å². The molecule has 0 amide bonds. The summed E-state index contributed by atoms with van der Waals surface area (Å²) in [4.78, 5) is 23.6. The number of hydrogen-bond acceptors (Lipinski definition) is 4. The second-order valence-corrected chi connectivity index (χ2v) is 3.89. The van der Waals surface area contributed by atoms with Crippen LogP contribution in [0.5, 0.6) is 5.75 Å². The summed E-state index contributed by atoms with van der Waals surface area (Å²) in [5.74, 6) is -0.586. The van der Waals surface area contributed by atoms with Gasteiger partial charge in [0, 0.05) is 5.39 Å². The van der Waals surface area contributed by atoms with Crippen molar-refractivity contribution in [1.82, 2.24) is 4.98 Å². The minimum absolute atomic E-state index is 0.277. The molecule has 17 heavy (non-hydrogen) atoms. The Morgan fingerprint density at radius 1 is 1.29 bits per heavy atom. The number of aromatic amines is 1. The van der Waals surface area contributed by atoms with Gasteiger partial charge in [0.05, 0.1) is 10.4 Å². The van der Waals surface area contributed by atoms with Gasteiger partial charge in [-0.3, -0.25) is 14.9 Å². The highest BCUT2D eigenvalue weighted by molar-refractivity contribution is 5.89. The van der Waals surface area contributed by atoms with E-state index in [0.717, 1.165) is 11.1 Å². The van der Waals surface area contributed by atoms with Gasteiger partial charge in [0.15, 0.2) is 0 Å². The number of aryl methyl sites for hydroxylation is 2. The van der Waals surface area contributed by atoms with Gasteiger partial charge in [0.1, 0.15) is 0 Å². The third-order valence-electron chi connectivity index (χ3n) is 2.76. The Morgan fingerprint density at radius 2 is 1.88 bits per heavy atom. The fraction of sp³-hybridized carbons (Fsp3) is 0.182. The number of nitrogens with one attached hydrogen (secondary N) is 1. The summed E-state index contributed by atoms with van der Waals surface area (Å²) >= 11 is 0. The fourth-order valence-electron chi connectivity index (χ4n) is 1.70. The molecule has 0 aliphatic heterocycles. The lowest BCUT2D eigenvalue weighted by atomic mass is 10.1. The molecule has 0 aliphatic rings. The van der Waals surface area contributed by atoms with Gasteiger partial charge in [0.2, 0.25) is 5.75 Å². The molecule has 88 valence electrons. The molecule has 1 aromatic heterocycles. The Hall–Kier alpha value is -2.37. The van der Waals surface area contributed by atoms with Gasteiger partial charge in [-0.2, -0.15) is 0 Å².